The van der Waals surface area contributed by atoms with Crippen LogP contribution in [-0.4, -0.2) is 16.3 Å². The predicted molar refractivity (Wildman–Crippen MR) is 54.8 cm³/mol. The maximum Gasteiger partial charge on any atom is 0.146 e. The molecule has 2 aromatic rings. The van der Waals surface area contributed by atoms with Crippen LogP contribution in [0.5, 0.6) is 5.75 Å². The van der Waals surface area contributed by atoms with E-state index in [0.29, 0.717) is 11.1 Å². The minimum atomic E-state index is 0.375. The first kappa shape index (κ1) is 8.12. The van der Waals surface area contributed by atoms with Crippen molar-refractivity contribution in [1.82, 2.24) is 10.2 Å². The Kier molecular flexibility index (Phi) is 1.67. The Morgan fingerprint density at radius 2 is 2.29 bits per heavy atom. The molecule has 1 fully saturated rings. The van der Waals surface area contributed by atoms with Crippen LogP contribution < -0.4 is 4.74 Å². The lowest BCUT2D eigenvalue weighted by molar-refractivity contribution is 0.306. The number of rotatable bonds is 2. The lowest BCUT2D eigenvalue weighted by Gasteiger charge is -2.05. The standard InChI is InChI=1S/C10H9ClN2O/c11-7-3-6-5-12-13-10(6)9(4-7)14-8-1-2-8/h3-5,8H,1-2H2,(H,12,13). The number of aromatic amines is 1. The molecular weight excluding hydrogens is 200 g/mol. The van der Waals surface area contributed by atoms with Crippen LogP contribution in [0.3, 0.4) is 0 Å². The van der Waals surface area contributed by atoms with Crippen molar-refractivity contribution in [3.8, 4) is 5.75 Å². The number of aromatic nitrogens is 2. The highest BCUT2D eigenvalue weighted by molar-refractivity contribution is 6.31. The van der Waals surface area contributed by atoms with E-state index in [4.69, 9.17) is 16.3 Å². The Hall–Kier alpha value is -1.22. The minimum Gasteiger partial charge on any atom is -0.488 e. The van der Waals surface area contributed by atoms with Gasteiger partial charge in [0.05, 0.1) is 12.3 Å². The molecule has 0 aliphatic heterocycles. The summed E-state index contributed by atoms with van der Waals surface area (Å²) >= 11 is 5.96. The highest BCUT2D eigenvalue weighted by Gasteiger charge is 2.24. The summed E-state index contributed by atoms with van der Waals surface area (Å²) < 4.78 is 5.72. The van der Waals surface area contributed by atoms with Gasteiger partial charge < -0.3 is 4.74 Å². The van der Waals surface area contributed by atoms with Crippen molar-refractivity contribution >= 4 is 22.5 Å². The molecule has 0 radical (unpaired) electrons. The van der Waals surface area contributed by atoms with Crippen molar-refractivity contribution in [1.29, 1.82) is 0 Å². The van der Waals surface area contributed by atoms with Crippen molar-refractivity contribution in [2.45, 2.75) is 18.9 Å². The van der Waals surface area contributed by atoms with Gasteiger partial charge in [-0.05, 0) is 18.9 Å². The van der Waals surface area contributed by atoms with E-state index < -0.39 is 0 Å². The Morgan fingerprint density at radius 3 is 3.07 bits per heavy atom. The number of benzene rings is 1. The molecule has 3 rings (SSSR count). The molecule has 1 aliphatic rings. The zero-order valence-corrected chi connectivity index (χ0v) is 8.21. The molecule has 1 heterocycles. The first-order valence-corrected chi connectivity index (χ1v) is 5.00. The van der Waals surface area contributed by atoms with Gasteiger partial charge >= 0.3 is 0 Å². The average Bonchev–Trinajstić information content (AvgIpc) is 2.81. The molecule has 14 heavy (non-hydrogen) atoms. The zero-order chi connectivity index (χ0) is 9.54. The molecular formula is C10H9ClN2O. The van der Waals surface area contributed by atoms with E-state index in [-0.39, 0.29) is 0 Å². The predicted octanol–water partition coefficient (Wildman–Crippen LogP) is 2.76. The molecule has 1 saturated carbocycles. The van der Waals surface area contributed by atoms with Gasteiger partial charge in [0.1, 0.15) is 11.3 Å². The second kappa shape index (κ2) is 2.89. The van der Waals surface area contributed by atoms with Gasteiger partial charge in [0.15, 0.2) is 0 Å². The largest absolute Gasteiger partial charge is 0.488 e. The van der Waals surface area contributed by atoms with Crippen LogP contribution in [0.1, 0.15) is 12.8 Å². The third-order valence-electron chi connectivity index (χ3n) is 2.30. The lowest BCUT2D eigenvalue weighted by atomic mass is 10.2. The number of halogens is 1. The SMILES string of the molecule is Clc1cc(OC2CC2)c2[nH]ncc2c1. The Morgan fingerprint density at radius 1 is 1.43 bits per heavy atom. The number of fused-ring (bicyclic) bond motifs is 1. The van der Waals surface area contributed by atoms with Gasteiger partial charge in [0.2, 0.25) is 0 Å². The molecule has 0 atom stereocenters. The monoisotopic (exact) mass is 208 g/mol. The lowest BCUT2D eigenvalue weighted by Crippen LogP contribution is -1.96. The molecule has 1 aromatic heterocycles. The third-order valence-corrected chi connectivity index (χ3v) is 2.51. The fourth-order valence-corrected chi connectivity index (χ4v) is 1.66. The van der Waals surface area contributed by atoms with Crippen molar-refractivity contribution in [2.24, 2.45) is 0 Å². The summed E-state index contributed by atoms with van der Waals surface area (Å²) in [6.07, 6.45) is 4.41. The van der Waals surface area contributed by atoms with E-state index in [1.54, 1.807) is 6.20 Å². The van der Waals surface area contributed by atoms with E-state index in [9.17, 15) is 0 Å². The first-order valence-electron chi connectivity index (χ1n) is 4.62. The fraction of sp³-hybridized carbons (Fsp3) is 0.300. The molecule has 0 unspecified atom stereocenters. The summed E-state index contributed by atoms with van der Waals surface area (Å²) in [5.74, 6) is 0.812. The van der Waals surface area contributed by atoms with E-state index in [2.05, 4.69) is 10.2 Å². The summed E-state index contributed by atoms with van der Waals surface area (Å²) in [4.78, 5) is 0. The third kappa shape index (κ3) is 1.34. The average molecular weight is 209 g/mol. The summed E-state index contributed by atoms with van der Waals surface area (Å²) in [5, 5.41) is 8.57. The van der Waals surface area contributed by atoms with Gasteiger partial charge in [-0.2, -0.15) is 5.10 Å². The van der Waals surface area contributed by atoms with Crippen molar-refractivity contribution in [3.63, 3.8) is 0 Å². The number of nitrogens with one attached hydrogen (secondary N) is 1. The van der Waals surface area contributed by atoms with Crippen LogP contribution in [0.2, 0.25) is 5.02 Å². The van der Waals surface area contributed by atoms with Gasteiger partial charge in [-0.3, -0.25) is 5.10 Å². The quantitative estimate of drug-likeness (QED) is 0.824. The van der Waals surface area contributed by atoms with E-state index in [1.807, 2.05) is 12.1 Å². The second-order valence-corrected chi connectivity index (χ2v) is 3.99. The van der Waals surface area contributed by atoms with E-state index in [1.165, 1.54) is 0 Å². The molecule has 3 nitrogen and oxygen atoms in total. The molecule has 0 bridgehead atoms. The first-order chi connectivity index (χ1) is 6.83. The second-order valence-electron chi connectivity index (χ2n) is 3.56. The van der Waals surface area contributed by atoms with Crippen LogP contribution in [0.25, 0.3) is 10.9 Å². The van der Waals surface area contributed by atoms with Gasteiger partial charge in [-0.15, -0.1) is 0 Å². The number of ether oxygens (including phenoxy) is 1. The maximum atomic E-state index is 5.96. The van der Waals surface area contributed by atoms with Gasteiger partial charge in [-0.25, -0.2) is 0 Å². The summed E-state index contributed by atoms with van der Waals surface area (Å²) in [6, 6.07) is 3.71. The van der Waals surface area contributed by atoms with Crippen LogP contribution in [-0.2, 0) is 0 Å². The van der Waals surface area contributed by atoms with Crippen molar-refractivity contribution in [2.75, 3.05) is 0 Å². The Labute approximate surface area is 86.0 Å². The Balaban J connectivity index is 2.13. The topological polar surface area (TPSA) is 37.9 Å². The molecule has 0 amide bonds. The van der Waals surface area contributed by atoms with Crippen LogP contribution >= 0.6 is 11.6 Å². The number of nitrogens with zero attached hydrogens (tertiary/aromatic N) is 1. The fourth-order valence-electron chi connectivity index (χ4n) is 1.45. The smallest absolute Gasteiger partial charge is 0.146 e. The number of hydrogen-bond donors (Lipinski definition) is 1. The van der Waals surface area contributed by atoms with Gasteiger partial charge in [-0.1, -0.05) is 11.6 Å². The van der Waals surface area contributed by atoms with Crippen LogP contribution in [0, 0.1) is 0 Å². The molecule has 4 heteroatoms. The number of H-pyrrole nitrogens is 1. The molecule has 0 saturated heterocycles. The minimum absolute atomic E-state index is 0.375. The molecule has 1 aliphatic carbocycles. The molecule has 72 valence electrons. The molecule has 0 spiro atoms. The summed E-state index contributed by atoms with van der Waals surface area (Å²) in [5.41, 5.74) is 0.932. The molecule has 1 aromatic carbocycles. The zero-order valence-electron chi connectivity index (χ0n) is 7.46. The number of hydrogen-bond acceptors (Lipinski definition) is 2. The Bertz CT molecular complexity index is 476. The summed E-state index contributed by atoms with van der Waals surface area (Å²) in [6.45, 7) is 0. The highest BCUT2D eigenvalue weighted by Crippen LogP contribution is 2.33. The van der Waals surface area contributed by atoms with Crippen molar-refractivity contribution < 1.29 is 4.74 Å². The van der Waals surface area contributed by atoms with E-state index >= 15 is 0 Å². The van der Waals surface area contributed by atoms with E-state index in [0.717, 1.165) is 29.5 Å². The summed E-state index contributed by atoms with van der Waals surface area (Å²) in [7, 11) is 0. The highest BCUT2D eigenvalue weighted by atomic mass is 35.5. The van der Waals surface area contributed by atoms with Crippen LogP contribution in [0.15, 0.2) is 18.3 Å². The van der Waals surface area contributed by atoms with Crippen molar-refractivity contribution in [3.05, 3.63) is 23.4 Å². The van der Waals surface area contributed by atoms with Gasteiger partial charge in [0.25, 0.3) is 0 Å². The molecule has 1 N–H and O–H groups in total. The normalized spacial score (nSPS) is 16.1. The van der Waals surface area contributed by atoms with Crippen LogP contribution in [0.4, 0.5) is 0 Å². The maximum absolute atomic E-state index is 5.96. The van der Waals surface area contributed by atoms with Gasteiger partial charge in [0, 0.05) is 16.5 Å².